The van der Waals surface area contributed by atoms with Gasteiger partial charge in [-0.1, -0.05) is 25.4 Å². The van der Waals surface area contributed by atoms with E-state index in [1.54, 1.807) is 0 Å². The topological polar surface area (TPSA) is 17.8 Å². The number of alkyl halides is 1. The molecule has 0 N–H and O–H groups in total. The summed E-state index contributed by atoms with van der Waals surface area (Å²) in [4.78, 5) is 4.56. The van der Waals surface area contributed by atoms with Crippen LogP contribution in [0, 0.1) is 0 Å². The summed E-state index contributed by atoms with van der Waals surface area (Å²) in [5.74, 6) is 1.36. The highest BCUT2D eigenvalue weighted by molar-refractivity contribution is 6.31. The van der Waals surface area contributed by atoms with E-state index in [0.717, 1.165) is 29.7 Å². The SMILES string of the molecule is CCC(CC)n1c(CCl)nc2cc(Cl)ccc21. The van der Waals surface area contributed by atoms with Crippen molar-refractivity contribution >= 4 is 34.2 Å². The van der Waals surface area contributed by atoms with Crippen molar-refractivity contribution in [2.75, 3.05) is 0 Å². The van der Waals surface area contributed by atoms with Gasteiger partial charge in [-0.15, -0.1) is 11.6 Å². The van der Waals surface area contributed by atoms with Crippen molar-refractivity contribution in [2.24, 2.45) is 0 Å². The zero-order valence-corrected chi connectivity index (χ0v) is 11.6. The van der Waals surface area contributed by atoms with Crippen LogP contribution in [-0.2, 0) is 5.88 Å². The van der Waals surface area contributed by atoms with E-state index in [1.807, 2.05) is 18.2 Å². The first-order valence-electron chi connectivity index (χ1n) is 5.93. The Hall–Kier alpha value is -0.730. The van der Waals surface area contributed by atoms with Gasteiger partial charge in [0.25, 0.3) is 0 Å². The lowest BCUT2D eigenvalue weighted by Crippen LogP contribution is -2.09. The molecule has 1 heterocycles. The maximum absolute atomic E-state index is 5.99. The van der Waals surface area contributed by atoms with E-state index >= 15 is 0 Å². The molecule has 2 rings (SSSR count). The van der Waals surface area contributed by atoms with E-state index in [4.69, 9.17) is 23.2 Å². The summed E-state index contributed by atoms with van der Waals surface area (Å²) < 4.78 is 2.25. The summed E-state index contributed by atoms with van der Waals surface area (Å²) in [5, 5.41) is 0.716. The lowest BCUT2D eigenvalue weighted by molar-refractivity contribution is 0.472. The molecule has 0 radical (unpaired) electrons. The van der Waals surface area contributed by atoms with Gasteiger partial charge in [-0.2, -0.15) is 0 Å². The normalized spacial score (nSPS) is 11.6. The van der Waals surface area contributed by atoms with Gasteiger partial charge in [0.15, 0.2) is 0 Å². The number of nitrogens with zero attached hydrogens (tertiary/aromatic N) is 2. The molecule has 17 heavy (non-hydrogen) atoms. The molecule has 0 saturated heterocycles. The average Bonchev–Trinajstić information content (AvgIpc) is 2.69. The largest absolute Gasteiger partial charge is 0.324 e. The number of aromatic nitrogens is 2. The first kappa shape index (κ1) is 12.7. The van der Waals surface area contributed by atoms with Gasteiger partial charge in [-0.3, -0.25) is 0 Å². The second kappa shape index (κ2) is 5.28. The molecule has 92 valence electrons. The maximum atomic E-state index is 5.99. The molecule has 0 aliphatic rings. The van der Waals surface area contributed by atoms with Crippen LogP contribution in [-0.4, -0.2) is 9.55 Å². The van der Waals surface area contributed by atoms with Gasteiger partial charge in [0, 0.05) is 11.1 Å². The van der Waals surface area contributed by atoms with E-state index in [0.29, 0.717) is 16.9 Å². The van der Waals surface area contributed by atoms with Gasteiger partial charge in [0.1, 0.15) is 5.82 Å². The molecule has 0 unspecified atom stereocenters. The fraction of sp³-hybridized carbons (Fsp3) is 0.462. The van der Waals surface area contributed by atoms with Crippen LogP contribution in [0.3, 0.4) is 0 Å². The minimum Gasteiger partial charge on any atom is -0.324 e. The van der Waals surface area contributed by atoms with Crippen LogP contribution in [0.2, 0.25) is 5.02 Å². The molecule has 0 aliphatic heterocycles. The molecule has 0 amide bonds. The van der Waals surface area contributed by atoms with Gasteiger partial charge in [-0.05, 0) is 31.0 Å². The Bertz CT molecular complexity index is 515. The van der Waals surface area contributed by atoms with Crippen molar-refractivity contribution in [3.05, 3.63) is 29.0 Å². The molecule has 0 fully saturated rings. The van der Waals surface area contributed by atoms with E-state index in [9.17, 15) is 0 Å². The summed E-state index contributed by atoms with van der Waals surface area (Å²) in [5.41, 5.74) is 2.05. The van der Waals surface area contributed by atoms with Crippen LogP contribution < -0.4 is 0 Å². The zero-order valence-electron chi connectivity index (χ0n) is 10.1. The molecule has 1 aromatic heterocycles. The van der Waals surface area contributed by atoms with E-state index < -0.39 is 0 Å². The van der Waals surface area contributed by atoms with E-state index in [1.165, 1.54) is 0 Å². The molecule has 0 aliphatic carbocycles. The van der Waals surface area contributed by atoms with Crippen LogP contribution in [0.5, 0.6) is 0 Å². The second-order valence-corrected chi connectivity index (χ2v) is 4.84. The summed E-state index contributed by atoms with van der Waals surface area (Å²) in [6.07, 6.45) is 2.16. The molecular formula is C13H16Cl2N2. The minimum absolute atomic E-state index is 0.433. The molecular weight excluding hydrogens is 255 g/mol. The van der Waals surface area contributed by atoms with Crippen LogP contribution in [0.1, 0.15) is 38.6 Å². The Morgan fingerprint density at radius 3 is 2.59 bits per heavy atom. The average molecular weight is 271 g/mol. The highest BCUT2D eigenvalue weighted by atomic mass is 35.5. The fourth-order valence-corrected chi connectivity index (χ4v) is 2.63. The van der Waals surface area contributed by atoms with E-state index in [2.05, 4.69) is 23.4 Å². The van der Waals surface area contributed by atoms with Gasteiger partial charge < -0.3 is 4.57 Å². The van der Waals surface area contributed by atoms with Gasteiger partial charge in [-0.25, -0.2) is 4.98 Å². The first-order chi connectivity index (χ1) is 8.21. The third-order valence-electron chi connectivity index (χ3n) is 3.15. The Labute approximate surface area is 112 Å². The van der Waals surface area contributed by atoms with Crippen molar-refractivity contribution in [2.45, 2.75) is 38.6 Å². The molecule has 4 heteroatoms. The highest BCUT2D eigenvalue weighted by Gasteiger charge is 2.16. The standard InChI is InChI=1S/C13H16Cl2N2/c1-3-10(4-2)17-12-6-5-9(15)7-11(12)16-13(17)8-14/h5-7,10H,3-4,8H2,1-2H3. The third kappa shape index (κ3) is 2.29. The lowest BCUT2D eigenvalue weighted by atomic mass is 10.1. The van der Waals surface area contributed by atoms with Gasteiger partial charge in [0.2, 0.25) is 0 Å². The number of benzene rings is 1. The molecule has 0 atom stereocenters. The van der Waals surface area contributed by atoms with Crippen molar-refractivity contribution in [1.82, 2.24) is 9.55 Å². The first-order valence-corrected chi connectivity index (χ1v) is 6.84. The summed E-state index contributed by atoms with van der Waals surface area (Å²) in [7, 11) is 0. The number of halogens is 2. The van der Waals surface area contributed by atoms with Crippen molar-refractivity contribution < 1.29 is 0 Å². The molecule has 0 bridgehead atoms. The monoisotopic (exact) mass is 270 g/mol. The molecule has 0 saturated carbocycles. The summed E-state index contributed by atoms with van der Waals surface area (Å²) in [6.45, 7) is 4.38. The highest BCUT2D eigenvalue weighted by Crippen LogP contribution is 2.27. The second-order valence-electron chi connectivity index (χ2n) is 4.14. The number of imidazole rings is 1. The molecule has 2 nitrogen and oxygen atoms in total. The summed E-state index contributed by atoms with van der Waals surface area (Å²) >= 11 is 12.0. The maximum Gasteiger partial charge on any atom is 0.125 e. The van der Waals surface area contributed by atoms with Crippen LogP contribution in [0.15, 0.2) is 18.2 Å². The zero-order chi connectivity index (χ0) is 12.4. The Balaban J connectivity index is 2.65. The molecule has 2 aromatic rings. The van der Waals surface area contributed by atoms with Crippen LogP contribution in [0.25, 0.3) is 11.0 Å². The molecule has 1 aromatic carbocycles. The van der Waals surface area contributed by atoms with Crippen molar-refractivity contribution in [1.29, 1.82) is 0 Å². The van der Waals surface area contributed by atoms with E-state index in [-0.39, 0.29) is 0 Å². The Kier molecular flexibility index (Phi) is 3.95. The van der Waals surface area contributed by atoms with Crippen molar-refractivity contribution in [3.8, 4) is 0 Å². The minimum atomic E-state index is 0.433. The van der Waals surface area contributed by atoms with Gasteiger partial charge >= 0.3 is 0 Å². The number of hydrogen-bond acceptors (Lipinski definition) is 1. The number of fused-ring (bicyclic) bond motifs is 1. The Morgan fingerprint density at radius 2 is 2.00 bits per heavy atom. The van der Waals surface area contributed by atoms with Crippen molar-refractivity contribution in [3.63, 3.8) is 0 Å². The predicted molar refractivity (Wildman–Crippen MR) is 73.9 cm³/mol. The predicted octanol–water partition coefficient (Wildman–Crippen LogP) is 4.79. The molecule has 0 spiro atoms. The lowest BCUT2D eigenvalue weighted by Gasteiger charge is -2.18. The van der Waals surface area contributed by atoms with Crippen LogP contribution >= 0.6 is 23.2 Å². The fourth-order valence-electron chi connectivity index (χ4n) is 2.28. The summed E-state index contributed by atoms with van der Waals surface area (Å²) in [6, 6.07) is 6.28. The number of rotatable bonds is 4. The van der Waals surface area contributed by atoms with Gasteiger partial charge in [0.05, 0.1) is 16.9 Å². The third-order valence-corrected chi connectivity index (χ3v) is 3.63. The van der Waals surface area contributed by atoms with Crippen LogP contribution in [0.4, 0.5) is 0 Å². The Morgan fingerprint density at radius 1 is 1.29 bits per heavy atom. The quantitative estimate of drug-likeness (QED) is 0.731. The number of hydrogen-bond donors (Lipinski definition) is 0. The smallest absolute Gasteiger partial charge is 0.125 e.